The summed E-state index contributed by atoms with van der Waals surface area (Å²) in [5.74, 6) is 1.97. The van der Waals surface area contributed by atoms with Gasteiger partial charge in [0.05, 0.1) is 0 Å². The molecule has 0 aliphatic rings. The second-order valence-electron chi connectivity index (χ2n) is 33.8. The summed E-state index contributed by atoms with van der Waals surface area (Å²) in [4.78, 5) is 16.2. The molecule has 0 unspecified atom stereocenters. The number of nitrogens with one attached hydrogen (secondary N) is 2. The van der Waals surface area contributed by atoms with Crippen LogP contribution in [0.2, 0.25) is 0 Å². The maximum Gasteiger partial charge on any atom is 0.232 e. The first-order chi connectivity index (χ1) is 52.5. The number of unbranched alkanes of at least 4 members (excludes halogenated alkanes) is 60. The Morgan fingerprint density at radius 3 is 0.613 bits per heavy atom. The molecule has 0 aliphatic heterocycles. The molecule has 0 bridgehead atoms. The molecule has 3 aromatic carbocycles. The molecule has 106 heavy (non-hydrogen) atoms. The van der Waals surface area contributed by atoms with Gasteiger partial charge < -0.3 is 10.6 Å². The highest BCUT2D eigenvalue weighted by Gasteiger charge is 2.18. The second-order valence-corrected chi connectivity index (χ2v) is 33.8. The van der Waals surface area contributed by atoms with Crippen molar-refractivity contribution in [1.82, 2.24) is 15.0 Å². The largest absolute Gasteiger partial charge is 0.324 e. The van der Waals surface area contributed by atoms with Crippen molar-refractivity contribution in [3.05, 3.63) is 94.4 Å². The van der Waals surface area contributed by atoms with Crippen LogP contribution in [0.15, 0.2) is 48.5 Å². The average molecular weight is 1460 g/mol. The van der Waals surface area contributed by atoms with Gasteiger partial charge in [0, 0.05) is 16.9 Å². The maximum atomic E-state index is 5.44. The van der Waals surface area contributed by atoms with Crippen molar-refractivity contribution in [1.29, 1.82) is 0 Å². The first kappa shape index (κ1) is 94.6. The van der Waals surface area contributed by atoms with Crippen LogP contribution in [0.4, 0.5) is 23.3 Å². The van der Waals surface area contributed by atoms with E-state index in [1.165, 1.54) is 442 Å². The summed E-state index contributed by atoms with van der Waals surface area (Å²) in [6, 6.07) is 19.0. The Labute approximate surface area is 661 Å². The van der Waals surface area contributed by atoms with Crippen molar-refractivity contribution in [2.24, 2.45) is 0 Å². The number of nitrogens with zero attached hydrogens (tertiary/aromatic N) is 3. The van der Waals surface area contributed by atoms with Gasteiger partial charge in [-0.1, -0.05) is 451 Å². The van der Waals surface area contributed by atoms with Crippen LogP contribution in [0.3, 0.4) is 0 Å². The lowest BCUT2D eigenvalue weighted by Gasteiger charge is -2.20. The quantitative estimate of drug-likeness (QED) is 0.0431. The summed E-state index contributed by atoms with van der Waals surface area (Å²) in [7, 11) is 0. The van der Waals surface area contributed by atoms with Crippen LogP contribution >= 0.6 is 0 Å². The zero-order valence-corrected chi connectivity index (χ0v) is 71.8. The fourth-order valence-electron chi connectivity index (χ4n) is 16.8. The molecule has 2 N–H and O–H groups in total. The van der Waals surface area contributed by atoms with Gasteiger partial charge in [0.2, 0.25) is 11.9 Å². The van der Waals surface area contributed by atoms with Crippen molar-refractivity contribution in [3.8, 4) is 11.4 Å². The van der Waals surface area contributed by atoms with E-state index in [0.717, 1.165) is 49.0 Å². The Balaban J connectivity index is 1.74. The van der Waals surface area contributed by atoms with Gasteiger partial charge in [-0.15, -0.1) is 0 Å². The molecule has 0 amide bonds. The zero-order valence-electron chi connectivity index (χ0n) is 71.8. The average Bonchev–Trinajstić information content (AvgIpc) is 0.807. The number of anilines is 4. The van der Waals surface area contributed by atoms with E-state index in [4.69, 9.17) is 15.0 Å². The fraction of sp³-hybridized carbons (Fsp3) is 0.782. The summed E-state index contributed by atoms with van der Waals surface area (Å²) >= 11 is 0. The van der Waals surface area contributed by atoms with Gasteiger partial charge in [-0.05, 0) is 154 Å². The number of benzene rings is 3. The minimum absolute atomic E-state index is 0.628. The number of rotatable bonds is 78. The van der Waals surface area contributed by atoms with Gasteiger partial charge in [0.15, 0.2) is 5.82 Å². The van der Waals surface area contributed by atoms with Crippen molar-refractivity contribution < 1.29 is 0 Å². The van der Waals surface area contributed by atoms with Crippen molar-refractivity contribution in [2.75, 3.05) is 10.6 Å². The monoisotopic (exact) mass is 1460 g/mol. The van der Waals surface area contributed by atoms with Gasteiger partial charge in [0.25, 0.3) is 0 Å². The third-order valence-electron chi connectivity index (χ3n) is 23.8. The minimum atomic E-state index is 0.628. The van der Waals surface area contributed by atoms with E-state index in [0.29, 0.717) is 17.7 Å². The Hall–Kier alpha value is -3.73. The molecule has 0 atom stereocenters. The lowest BCUT2D eigenvalue weighted by Crippen LogP contribution is -2.09. The third kappa shape index (κ3) is 48.8. The highest BCUT2D eigenvalue weighted by Crippen LogP contribution is 2.34. The van der Waals surface area contributed by atoms with Crippen molar-refractivity contribution in [2.45, 2.75) is 510 Å². The molecular weight excluding hydrogens is 1280 g/mol. The van der Waals surface area contributed by atoms with E-state index >= 15 is 0 Å². The van der Waals surface area contributed by atoms with Gasteiger partial charge in [-0.2, -0.15) is 15.0 Å². The summed E-state index contributed by atoms with van der Waals surface area (Å²) in [5, 5.41) is 7.94. The van der Waals surface area contributed by atoms with E-state index in [-0.39, 0.29) is 0 Å². The Morgan fingerprint density at radius 2 is 0.415 bits per heavy atom. The summed E-state index contributed by atoms with van der Waals surface area (Å²) in [5.41, 5.74) is 14.2. The van der Waals surface area contributed by atoms with E-state index < -0.39 is 0 Å². The van der Waals surface area contributed by atoms with Crippen molar-refractivity contribution in [3.63, 3.8) is 0 Å². The molecular formula is C101H176N5. The molecule has 4 rings (SSSR count). The molecule has 0 aliphatic carbocycles. The highest BCUT2D eigenvalue weighted by molar-refractivity contribution is 5.66. The highest BCUT2D eigenvalue weighted by atomic mass is 15.2. The van der Waals surface area contributed by atoms with E-state index in [1.54, 1.807) is 33.4 Å². The minimum Gasteiger partial charge on any atom is -0.324 e. The standard InChI is InChI=1S/C101H176N5/c1-8-15-21-27-33-39-45-51-57-63-69-75-91-85-95(86-92(76-70-64-58-52-46-40-34-28-22-16-9-2)97(91)79-73-67-61-55-49-43-37-31-25-19-12-5)102-100-104-99(90-83-81-89(14-7)82-84-90)105-101(106-100)103-96-87-93(77-71-65-59-53-47-41-35-29-23-17-10-3)98(80-74-68-62-56-50-44-38-32-26-20-13-6)94(88-96)78-72-66-60-54-48-42-36-30-24-18-11-4/h81-88H,7-80H2,1-6H3,(H2,102,103,104,105,106). The fourth-order valence-corrected chi connectivity index (χ4v) is 16.8. The SMILES string of the molecule is [CH2]Cc1ccc(-c2nc(Nc3cc(CCCCCCCCCCCCC)c(CCCCCCCCCCCCC)c(CCCCCCCCCCCCC)c3)nc(Nc3cc(CCCCCCCCCCCCC)c(CCCCCCCCCCCCC)c(CCCCCCCCCCCCC)c3)n2)cc1. The molecule has 0 saturated carbocycles. The predicted molar refractivity (Wildman–Crippen MR) is 475 cm³/mol. The Bertz CT molecular complexity index is 2340. The number of aryl methyl sites for hydroxylation is 4. The smallest absolute Gasteiger partial charge is 0.232 e. The van der Waals surface area contributed by atoms with Crippen LogP contribution in [0, 0.1) is 6.92 Å². The number of hydrogen-bond acceptors (Lipinski definition) is 5. The Morgan fingerprint density at radius 1 is 0.226 bits per heavy atom. The molecule has 5 nitrogen and oxygen atoms in total. The zero-order chi connectivity index (χ0) is 75.3. The molecule has 1 radical (unpaired) electrons. The Kier molecular flexibility index (Phi) is 61.8. The van der Waals surface area contributed by atoms with Gasteiger partial charge in [-0.25, -0.2) is 0 Å². The summed E-state index contributed by atoms with van der Waals surface area (Å²) in [6.07, 6.45) is 98.7. The van der Waals surface area contributed by atoms with Gasteiger partial charge >= 0.3 is 0 Å². The van der Waals surface area contributed by atoms with E-state index in [2.05, 4.69) is 108 Å². The predicted octanol–water partition coefficient (Wildman–Crippen LogP) is 34.5. The van der Waals surface area contributed by atoms with Crippen LogP contribution in [0.1, 0.15) is 504 Å². The van der Waals surface area contributed by atoms with E-state index in [1.807, 2.05) is 0 Å². The number of hydrogen-bond donors (Lipinski definition) is 2. The van der Waals surface area contributed by atoms with Gasteiger partial charge in [-0.3, -0.25) is 0 Å². The molecule has 1 heterocycles. The van der Waals surface area contributed by atoms with Crippen LogP contribution in [0.25, 0.3) is 11.4 Å². The van der Waals surface area contributed by atoms with Crippen molar-refractivity contribution >= 4 is 23.3 Å². The third-order valence-corrected chi connectivity index (χ3v) is 23.8. The summed E-state index contributed by atoms with van der Waals surface area (Å²) < 4.78 is 0. The molecule has 0 fully saturated rings. The molecule has 605 valence electrons. The van der Waals surface area contributed by atoms with E-state index in [9.17, 15) is 0 Å². The lowest BCUT2D eigenvalue weighted by molar-refractivity contribution is 0.545. The molecule has 5 heteroatoms. The number of aromatic nitrogens is 3. The van der Waals surface area contributed by atoms with Crippen LogP contribution in [-0.4, -0.2) is 15.0 Å². The topological polar surface area (TPSA) is 62.7 Å². The maximum absolute atomic E-state index is 5.44. The van der Waals surface area contributed by atoms with Crippen LogP contribution < -0.4 is 10.6 Å². The van der Waals surface area contributed by atoms with Crippen LogP contribution in [0.5, 0.6) is 0 Å². The normalized spacial score (nSPS) is 11.7. The second kappa shape index (κ2) is 69.2. The van der Waals surface area contributed by atoms with Crippen LogP contribution in [-0.2, 0) is 44.9 Å². The molecule has 0 saturated heterocycles. The lowest BCUT2D eigenvalue weighted by atomic mass is 9.89. The molecule has 0 spiro atoms. The summed E-state index contributed by atoms with van der Waals surface area (Å²) in [6.45, 7) is 18.2. The first-order valence-corrected chi connectivity index (χ1v) is 47.9. The molecule has 1 aromatic heterocycles. The van der Waals surface area contributed by atoms with Gasteiger partial charge in [0.1, 0.15) is 0 Å². The first-order valence-electron chi connectivity index (χ1n) is 47.9. The molecule has 4 aromatic rings.